The average molecular weight is 453 g/mol. The molecular weight excluding hydrogens is 433 g/mol. The summed E-state index contributed by atoms with van der Waals surface area (Å²) < 4.78 is 21.6. The minimum absolute atomic E-state index is 0.244. The molecule has 1 unspecified atom stereocenters. The Morgan fingerprint density at radius 2 is 1.74 bits per heavy atom. The highest BCUT2D eigenvalue weighted by Gasteiger charge is 2.19. The zero-order valence-electron chi connectivity index (χ0n) is 18.2. The summed E-state index contributed by atoms with van der Waals surface area (Å²) in [6.45, 7) is 1.91. The number of rotatable bonds is 6. The standard InChI is InChI=1S/C26H20FN5O2/c1-17(18-10-12-19(13-11-18)32-16-28-15-30-32)31-25(33)20-6-2-3-7-21(20)26-29-14-24(34-26)22-8-4-5-9-23(22)27/h2-17H,1H3,(H,31,33). The van der Waals surface area contributed by atoms with Gasteiger partial charge in [0, 0.05) is 5.56 Å². The van der Waals surface area contributed by atoms with Crippen LogP contribution in [-0.2, 0) is 0 Å². The quantitative estimate of drug-likeness (QED) is 0.381. The number of hydrogen-bond acceptors (Lipinski definition) is 5. The Bertz CT molecular complexity index is 1430. The predicted octanol–water partition coefficient (Wildman–Crippen LogP) is 5.22. The zero-order valence-corrected chi connectivity index (χ0v) is 18.2. The summed E-state index contributed by atoms with van der Waals surface area (Å²) >= 11 is 0. The summed E-state index contributed by atoms with van der Waals surface area (Å²) in [6.07, 6.45) is 4.56. The molecule has 2 aromatic heterocycles. The van der Waals surface area contributed by atoms with E-state index in [1.165, 1.54) is 18.6 Å². The number of halogens is 1. The lowest BCUT2D eigenvalue weighted by Crippen LogP contribution is -2.27. The topological polar surface area (TPSA) is 85.8 Å². The number of benzene rings is 3. The van der Waals surface area contributed by atoms with Crippen molar-refractivity contribution >= 4 is 5.91 Å². The van der Waals surface area contributed by atoms with Gasteiger partial charge in [-0.05, 0) is 48.9 Å². The molecule has 0 aliphatic rings. The van der Waals surface area contributed by atoms with Crippen molar-refractivity contribution < 1.29 is 13.6 Å². The summed E-state index contributed by atoms with van der Waals surface area (Å²) in [5.74, 6) is -0.132. The summed E-state index contributed by atoms with van der Waals surface area (Å²) in [7, 11) is 0. The van der Waals surface area contributed by atoms with Gasteiger partial charge in [0.25, 0.3) is 5.91 Å². The van der Waals surface area contributed by atoms with Crippen LogP contribution in [0.2, 0.25) is 0 Å². The van der Waals surface area contributed by atoms with Crippen LogP contribution in [0.15, 0.2) is 96.1 Å². The van der Waals surface area contributed by atoms with Gasteiger partial charge in [0.2, 0.25) is 5.89 Å². The SMILES string of the molecule is CC(NC(=O)c1ccccc1-c1ncc(-c2ccccc2F)o1)c1ccc(-n2cncn2)cc1. The molecule has 0 saturated heterocycles. The van der Waals surface area contributed by atoms with Crippen LogP contribution in [-0.4, -0.2) is 25.7 Å². The molecule has 0 fully saturated rings. The third-order valence-electron chi connectivity index (χ3n) is 5.47. The second kappa shape index (κ2) is 9.11. The number of nitrogens with zero attached hydrogens (tertiary/aromatic N) is 4. The van der Waals surface area contributed by atoms with E-state index in [0.29, 0.717) is 22.5 Å². The Balaban J connectivity index is 1.36. The van der Waals surface area contributed by atoms with Crippen molar-refractivity contribution in [1.29, 1.82) is 0 Å². The highest BCUT2D eigenvalue weighted by Crippen LogP contribution is 2.30. The van der Waals surface area contributed by atoms with Crippen molar-refractivity contribution in [1.82, 2.24) is 25.1 Å². The minimum Gasteiger partial charge on any atom is -0.436 e. The lowest BCUT2D eigenvalue weighted by molar-refractivity contribution is 0.0940. The molecule has 2 heterocycles. The lowest BCUT2D eigenvalue weighted by atomic mass is 10.0. The predicted molar refractivity (Wildman–Crippen MR) is 125 cm³/mol. The largest absolute Gasteiger partial charge is 0.436 e. The van der Waals surface area contributed by atoms with Gasteiger partial charge in [-0.1, -0.05) is 36.4 Å². The molecule has 3 aromatic carbocycles. The second-order valence-electron chi connectivity index (χ2n) is 7.68. The van der Waals surface area contributed by atoms with E-state index in [1.54, 1.807) is 53.5 Å². The van der Waals surface area contributed by atoms with E-state index in [-0.39, 0.29) is 17.8 Å². The van der Waals surface area contributed by atoms with Crippen LogP contribution in [0.25, 0.3) is 28.5 Å². The maximum atomic E-state index is 14.1. The molecule has 0 aliphatic heterocycles. The fourth-order valence-electron chi connectivity index (χ4n) is 3.67. The molecule has 0 bridgehead atoms. The summed E-state index contributed by atoms with van der Waals surface area (Å²) in [5, 5.41) is 7.13. The fraction of sp³-hybridized carbons (Fsp3) is 0.0769. The van der Waals surface area contributed by atoms with Crippen LogP contribution in [0.4, 0.5) is 4.39 Å². The maximum absolute atomic E-state index is 14.1. The van der Waals surface area contributed by atoms with E-state index in [0.717, 1.165) is 11.3 Å². The van der Waals surface area contributed by atoms with E-state index >= 15 is 0 Å². The molecule has 0 saturated carbocycles. The molecule has 1 atom stereocenters. The Labute approximate surface area is 194 Å². The van der Waals surface area contributed by atoms with Crippen LogP contribution in [0, 0.1) is 5.82 Å². The van der Waals surface area contributed by atoms with Crippen molar-refractivity contribution in [3.8, 4) is 28.5 Å². The molecule has 7 nitrogen and oxygen atoms in total. The highest BCUT2D eigenvalue weighted by molar-refractivity contribution is 6.00. The summed E-state index contributed by atoms with van der Waals surface area (Å²) in [5.41, 5.74) is 3.06. The molecule has 0 radical (unpaired) electrons. The summed E-state index contributed by atoms with van der Waals surface area (Å²) in [6, 6.07) is 20.8. The van der Waals surface area contributed by atoms with Gasteiger partial charge in [-0.2, -0.15) is 5.10 Å². The number of hydrogen-bond donors (Lipinski definition) is 1. The van der Waals surface area contributed by atoms with Gasteiger partial charge >= 0.3 is 0 Å². The van der Waals surface area contributed by atoms with Crippen LogP contribution < -0.4 is 5.32 Å². The summed E-state index contributed by atoms with van der Waals surface area (Å²) in [4.78, 5) is 21.4. The number of aromatic nitrogens is 4. The molecule has 1 N–H and O–H groups in total. The van der Waals surface area contributed by atoms with E-state index < -0.39 is 5.82 Å². The van der Waals surface area contributed by atoms with Crippen molar-refractivity contribution in [2.75, 3.05) is 0 Å². The molecule has 5 rings (SSSR count). The number of carbonyl (C=O) groups excluding carboxylic acids is 1. The minimum atomic E-state index is -0.403. The molecule has 34 heavy (non-hydrogen) atoms. The molecule has 5 aromatic rings. The fourth-order valence-corrected chi connectivity index (χ4v) is 3.67. The Kier molecular flexibility index (Phi) is 5.70. The van der Waals surface area contributed by atoms with Crippen LogP contribution in [0.3, 0.4) is 0 Å². The Morgan fingerprint density at radius 1 is 1.00 bits per heavy atom. The number of carbonyl (C=O) groups is 1. The average Bonchev–Trinajstić information content (AvgIpc) is 3.57. The zero-order chi connectivity index (χ0) is 23.5. The number of amides is 1. The monoisotopic (exact) mass is 453 g/mol. The van der Waals surface area contributed by atoms with E-state index in [9.17, 15) is 9.18 Å². The van der Waals surface area contributed by atoms with Gasteiger partial charge in [-0.25, -0.2) is 19.0 Å². The first-order valence-corrected chi connectivity index (χ1v) is 10.7. The van der Waals surface area contributed by atoms with Crippen molar-refractivity contribution in [2.24, 2.45) is 0 Å². The van der Waals surface area contributed by atoms with Crippen molar-refractivity contribution in [3.63, 3.8) is 0 Å². The van der Waals surface area contributed by atoms with Crippen LogP contribution in [0.5, 0.6) is 0 Å². The van der Waals surface area contributed by atoms with Gasteiger partial charge in [-0.3, -0.25) is 4.79 Å². The van der Waals surface area contributed by atoms with E-state index in [2.05, 4.69) is 20.4 Å². The second-order valence-corrected chi connectivity index (χ2v) is 7.68. The smallest absolute Gasteiger partial charge is 0.252 e. The van der Waals surface area contributed by atoms with Gasteiger partial charge in [-0.15, -0.1) is 0 Å². The molecule has 8 heteroatoms. The van der Waals surface area contributed by atoms with E-state index in [4.69, 9.17) is 4.42 Å². The van der Waals surface area contributed by atoms with Gasteiger partial charge in [0.15, 0.2) is 5.76 Å². The highest BCUT2D eigenvalue weighted by atomic mass is 19.1. The first-order valence-electron chi connectivity index (χ1n) is 10.7. The third kappa shape index (κ3) is 4.21. The van der Waals surface area contributed by atoms with Gasteiger partial charge in [0.1, 0.15) is 18.5 Å². The molecule has 0 spiro atoms. The van der Waals surface area contributed by atoms with Gasteiger partial charge in [0.05, 0.1) is 29.1 Å². The number of oxazole rings is 1. The maximum Gasteiger partial charge on any atom is 0.252 e. The van der Waals surface area contributed by atoms with Crippen molar-refractivity contribution in [2.45, 2.75) is 13.0 Å². The lowest BCUT2D eigenvalue weighted by Gasteiger charge is -2.16. The Hall–Kier alpha value is -4.59. The van der Waals surface area contributed by atoms with Crippen molar-refractivity contribution in [3.05, 3.63) is 109 Å². The van der Waals surface area contributed by atoms with Gasteiger partial charge < -0.3 is 9.73 Å². The van der Waals surface area contributed by atoms with Crippen LogP contribution in [0.1, 0.15) is 28.9 Å². The number of nitrogens with one attached hydrogen (secondary N) is 1. The van der Waals surface area contributed by atoms with E-state index in [1.807, 2.05) is 31.2 Å². The first kappa shape index (κ1) is 21.3. The normalized spacial score (nSPS) is 11.8. The molecular formula is C26H20FN5O2. The molecule has 1 amide bonds. The molecule has 168 valence electrons. The Morgan fingerprint density at radius 3 is 2.47 bits per heavy atom. The molecule has 0 aliphatic carbocycles. The van der Waals surface area contributed by atoms with Crippen LogP contribution >= 0.6 is 0 Å². The first-order chi connectivity index (χ1) is 16.6. The third-order valence-corrected chi connectivity index (χ3v) is 5.47.